The fourth-order valence-corrected chi connectivity index (χ4v) is 5.99. The summed E-state index contributed by atoms with van der Waals surface area (Å²) in [5.41, 5.74) is 2.49. The third kappa shape index (κ3) is 5.36. The molecule has 206 valence electrons. The lowest BCUT2D eigenvalue weighted by Gasteiger charge is -2.32. The standard InChI is InChI=1S/C30H30N4O5S/c1-20-9-4-5-10-21(20)30(36)31-24-15-16-27(23-12-7-6-11-22(23)24)40(37,38)32-25-13-8-14-26-29(25)34(18-17-33(2)3)28(35)19-39-26/h4-16,32H,17-19H2,1-3H3,(H,31,36). The van der Waals surface area contributed by atoms with E-state index >= 15 is 0 Å². The van der Waals surface area contributed by atoms with Crippen molar-refractivity contribution < 1.29 is 22.7 Å². The summed E-state index contributed by atoms with van der Waals surface area (Å²) in [5.74, 6) is -0.103. The van der Waals surface area contributed by atoms with Gasteiger partial charge in [-0.25, -0.2) is 8.42 Å². The third-order valence-electron chi connectivity index (χ3n) is 6.75. The van der Waals surface area contributed by atoms with E-state index in [1.165, 1.54) is 6.07 Å². The first-order chi connectivity index (χ1) is 19.2. The maximum absolute atomic E-state index is 13.8. The molecule has 0 unspecified atom stereocenters. The molecule has 2 N–H and O–H groups in total. The number of rotatable bonds is 8. The summed E-state index contributed by atoms with van der Waals surface area (Å²) >= 11 is 0. The number of anilines is 3. The zero-order chi connectivity index (χ0) is 28.4. The molecule has 10 heteroatoms. The molecule has 1 aliphatic heterocycles. The number of amides is 2. The minimum Gasteiger partial charge on any atom is -0.481 e. The molecular weight excluding hydrogens is 528 g/mol. The number of hydrogen-bond donors (Lipinski definition) is 2. The Labute approximate surface area is 233 Å². The number of carbonyl (C=O) groups excluding carboxylic acids is 2. The van der Waals surface area contributed by atoms with Crippen LogP contribution in [-0.4, -0.2) is 58.9 Å². The van der Waals surface area contributed by atoms with Gasteiger partial charge < -0.3 is 19.9 Å². The maximum atomic E-state index is 13.8. The molecule has 0 atom stereocenters. The molecule has 0 spiro atoms. The van der Waals surface area contributed by atoms with Crippen LogP contribution in [0, 0.1) is 6.92 Å². The number of ether oxygens (including phenoxy) is 1. The second-order valence-corrected chi connectivity index (χ2v) is 11.5. The van der Waals surface area contributed by atoms with Crippen molar-refractivity contribution in [1.29, 1.82) is 0 Å². The predicted octanol–water partition coefficient (Wildman–Crippen LogP) is 4.49. The van der Waals surface area contributed by atoms with Gasteiger partial charge in [0.2, 0.25) is 0 Å². The molecule has 0 aromatic heterocycles. The average Bonchev–Trinajstić information content (AvgIpc) is 2.92. The molecule has 0 saturated heterocycles. The molecule has 9 nitrogen and oxygen atoms in total. The molecule has 0 saturated carbocycles. The Morgan fingerprint density at radius 1 is 0.925 bits per heavy atom. The van der Waals surface area contributed by atoms with Crippen molar-refractivity contribution in [2.75, 3.05) is 48.7 Å². The molecule has 0 radical (unpaired) electrons. The topological polar surface area (TPSA) is 108 Å². The van der Waals surface area contributed by atoms with Crippen LogP contribution in [0.4, 0.5) is 17.1 Å². The Morgan fingerprint density at radius 3 is 2.40 bits per heavy atom. The molecule has 40 heavy (non-hydrogen) atoms. The van der Waals surface area contributed by atoms with E-state index in [1.54, 1.807) is 65.6 Å². The van der Waals surface area contributed by atoms with Crippen LogP contribution in [0.1, 0.15) is 15.9 Å². The first-order valence-corrected chi connectivity index (χ1v) is 14.3. The molecule has 1 heterocycles. The van der Waals surface area contributed by atoms with E-state index in [0.29, 0.717) is 46.5 Å². The van der Waals surface area contributed by atoms with Gasteiger partial charge in [0, 0.05) is 35.1 Å². The van der Waals surface area contributed by atoms with Crippen LogP contribution < -0.4 is 19.7 Å². The smallest absolute Gasteiger partial charge is 0.265 e. The van der Waals surface area contributed by atoms with Crippen molar-refractivity contribution in [1.82, 2.24) is 4.90 Å². The SMILES string of the molecule is Cc1ccccc1C(=O)Nc1ccc(S(=O)(=O)Nc2cccc3c2N(CCN(C)C)C(=O)CO3)c2ccccc12. The summed E-state index contributed by atoms with van der Waals surface area (Å²) in [6.07, 6.45) is 0. The molecule has 4 aromatic carbocycles. The van der Waals surface area contributed by atoms with Gasteiger partial charge in [-0.15, -0.1) is 0 Å². The van der Waals surface area contributed by atoms with E-state index in [1.807, 2.05) is 38.1 Å². The number of benzene rings is 4. The average molecular weight is 559 g/mol. The van der Waals surface area contributed by atoms with Crippen molar-refractivity contribution in [3.63, 3.8) is 0 Å². The largest absolute Gasteiger partial charge is 0.481 e. The number of sulfonamides is 1. The minimum atomic E-state index is -4.12. The van der Waals surface area contributed by atoms with Crippen LogP contribution in [0.2, 0.25) is 0 Å². The monoisotopic (exact) mass is 558 g/mol. The van der Waals surface area contributed by atoms with Gasteiger partial charge in [0.25, 0.3) is 21.8 Å². The summed E-state index contributed by atoms with van der Waals surface area (Å²) in [5, 5.41) is 3.95. The van der Waals surface area contributed by atoms with Crippen molar-refractivity contribution >= 4 is 49.7 Å². The van der Waals surface area contributed by atoms with Gasteiger partial charge in [-0.3, -0.25) is 14.3 Å². The van der Waals surface area contributed by atoms with Crippen LogP contribution in [0.5, 0.6) is 5.75 Å². The van der Waals surface area contributed by atoms with Crippen molar-refractivity contribution in [2.45, 2.75) is 11.8 Å². The van der Waals surface area contributed by atoms with E-state index in [-0.39, 0.29) is 29.0 Å². The molecule has 5 rings (SSSR count). The van der Waals surface area contributed by atoms with Crippen molar-refractivity contribution in [3.8, 4) is 5.75 Å². The number of nitrogens with one attached hydrogen (secondary N) is 2. The summed E-state index contributed by atoms with van der Waals surface area (Å²) in [7, 11) is -0.313. The van der Waals surface area contributed by atoms with Crippen molar-refractivity contribution in [3.05, 3.63) is 90.0 Å². The second kappa shape index (κ2) is 11.0. The van der Waals surface area contributed by atoms with Gasteiger partial charge in [-0.05, 0) is 56.9 Å². The fraction of sp³-hybridized carbons (Fsp3) is 0.200. The minimum absolute atomic E-state index is 0.0393. The quantitative estimate of drug-likeness (QED) is 0.330. The number of likely N-dealkylation sites (N-methyl/N-ethyl adjacent to an activating group) is 1. The molecule has 0 bridgehead atoms. The molecule has 1 aliphatic rings. The normalized spacial score (nSPS) is 13.2. The Kier molecular flexibility index (Phi) is 7.46. The van der Waals surface area contributed by atoms with Crippen LogP contribution in [0.25, 0.3) is 10.8 Å². The van der Waals surface area contributed by atoms with Crippen LogP contribution in [0.15, 0.2) is 83.8 Å². The Morgan fingerprint density at radius 2 is 1.65 bits per heavy atom. The number of carbonyl (C=O) groups is 2. The predicted molar refractivity (Wildman–Crippen MR) is 157 cm³/mol. The highest BCUT2D eigenvalue weighted by Gasteiger charge is 2.30. The Hall–Kier alpha value is -4.41. The Balaban J connectivity index is 1.51. The summed E-state index contributed by atoms with van der Waals surface area (Å²) in [6, 6.07) is 22.3. The van der Waals surface area contributed by atoms with Gasteiger partial charge in [0.05, 0.1) is 10.6 Å². The third-order valence-corrected chi connectivity index (χ3v) is 8.17. The molecule has 4 aromatic rings. The number of hydrogen-bond acceptors (Lipinski definition) is 6. The van der Waals surface area contributed by atoms with Crippen LogP contribution in [0.3, 0.4) is 0 Å². The van der Waals surface area contributed by atoms with Gasteiger partial charge >= 0.3 is 0 Å². The number of fused-ring (bicyclic) bond motifs is 2. The number of nitrogens with zero attached hydrogens (tertiary/aromatic N) is 2. The van der Waals surface area contributed by atoms with Gasteiger partial charge in [-0.2, -0.15) is 0 Å². The van der Waals surface area contributed by atoms with Gasteiger partial charge in [0.15, 0.2) is 6.61 Å². The van der Waals surface area contributed by atoms with E-state index in [4.69, 9.17) is 4.74 Å². The lowest BCUT2D eigenvalue weighted by molar-refractivity contribution is -0.121. The first-order valence-electron chi connectivity index (χ1n) is 12.8. The van der Waals surface area contributed by atoms with E-state index < -0.39 is 10.0 Å². The maximum Gasteiger partial charge on any atom is 0.265 e. The lowest BCUT2D eigenvalue weighted by atomic mass is 10.1. The van der Waals surface area contributed by atoms with Gasteiger partial charge in [-0.1, -0.05) is 48.5 Å². The summed E-state index contributed by atoms with van der Waals surface area (Å²) < 4.78 is 35.9. The fourth-order valence-electron chi connectivity index (χ4n) is 4.71. The van der Waals surface area contributed by atoms with E-state index in [2.05, 4.69) is 10.0 Å². The van der Waals surface area contributed by atoms with Crippen LogP contribution >= 0.6 is 0 Å². The summed E-state index contributed by atoms with van der Waals surface area (Å²) in [4.78, 5) is 29.3. The van der Waals surface area contributed by atoms with E-state index in [9.17, 15) is 18.0 Å². The molecule has 0 aliphatic carbocycles. The highest BCUT2D eigenvalue weighted by molar-refractivity contribution is 7.93. The lowest BCUT2D eigenvalue weighted by Crippen LogP contribution is -2.42. The highest BCUT2D eigenvalue weighted by Crippen LogP contribution is 2.40. The molecule has 0 fully saturated rings. The van der Waals surface area contributed by atoms with E-state index in [0.717, 1.165) is 5.56 Å². The Bertz CT molecular complexity index is 1720. The van der Waals surface area contributed by atoms with Crippen molar-refractivity contribution in [2.24, 2.45) is 0 Å². The van der Waals surface area contributed by atoms with Crippen LogP contribution in [-0.2, 0) is 14.8 Å². The zero-order valence-electron chi connectivity index (χ0n) is 22.5. The highest BCUT2D eigenvalue weighted by atomic mass is 32.2. The summed E-state index contributed by atoms with van der Waals surface area (Å²) in [6.45, 7) is 2.71. The first kappa shape index (κ1) is 27.2. The molecular formula is C30H30N4O5S. The molecule has 2 amide bonds. The second-order valence-electron chi connectivity index (χ2n) is 9.82. The zero-order valence-corrected chi connectivity index (χ0v) is 23.3. The number of aryl methyl sites for hydroxylation is 1. The van der Waals surface area contributed by atoms with Gasteiger partial charge in [0.1, 0.15) is 11.4 Å². The number of para-hydroxylation sites is 1.